The fourth-order valence-corrected chi connectivity index (χ4v) is 3.08. The van der Waals surface area contributed by atoms with E-state index in [9.17, 15) is 0 Å². The monoisotopic (exact) mass is 318 g/mol. The van der Waals surface area contributed by atoms with Gasteiger partial charge in [0.1, 0.15) is 0 Å². The molecule has 2 atom stereocenters. The van der Waals surface area contributed by atoms with Crippen LogP contribution < -0.4 is 10.6 Å². The van der Waals surface area contributed by atoms with E-state index in [0.29, 0.717) is 18.6 Å². The number of benzene rings is 1. The first-order valence-corrected chi connectivity index (χ1v) is 8.66. The topological polar surface area (TPSA) is 59.9 Å². The van der Waals surface area contributed by atoms with E-state index in [2.05, 4.69) is 64.7 Å². The van der Waals surface area contributed by atoms with Crippen LogP contribution in [0.5, 0.6) is 0 Å². The van der Waals surface area contributed by atoms with Crippen molar-refractivity contribution in [2.45, 2.75) is 45.3 Å². The van der Waals surface area contributed by atoms with E-state index in [1.807, 2.05) is 0 Å². The van der Waals surface area contributed by atoms with Crippen LogP contribution in [0.15, 0.2) is 35.3 Å². The molecular formula is C18H30N4O. The van der Waals surface area contributed by atoms with Crippen LogP contribution in [0.3, 0.4) is 0 Å². The largest absolute Gasteiger partial charge is 0.394 e. The molecule has 3 N–H and O–H groups in total. The highest BCUT2D eigenvalue weighted by Crippen LogP contribution is 2.19. The molecule has 1 aliphatic rings. The summed E-state index contributed by atoms with van der Waals surface area (Å²) < 4.78 is 0. The highest BCUT2D eigenvalue weighted by atomic mass is 16.3. The van der Waals surface area contributed by atoms with Gasteiger partial charge in [-0.3, -0.25) is 9.89 Å². The molecule has 0 amide bonds. The predicted molar refractivity (Wildman–Crippen MR) is 95.5 cm³/mol. The lowest BCUT2D eigenvalue weighted by Gasteiger charge is -2.38. The minimum atomic E-state index is 0.0858. The Bertz CT molecular complexity index is 477. The fourth-order valence-electron chi connectivity index (χ4n) is 3.08. The van der Waals surface area contributed by atoms with Gasteiger partial charge in [0.25, 0.3) is 0 Å². The number of aliphatic hydroxyl groups is 1. The second-order valence-corrected chi connectivity index (χ2v) is 6.15. The Labute approximate surface area is 139 Å². The van der Waals surface area contributed by atoms with Gasteiger partial charge in [-0.1, -0.05) is 30.3 Å². The Morgan fingerprint density at radius 2 is 2.13 bits per heavy atom. The quantitative estimate of drug-likeness (QED) is 0.551. The van der Waals surface area contributed by atoms with Crippen molar-refractivity contribution in [3.63, 3.8) is 0 Å². The lowest BCUT2D eigenvalue weighted by atomic mass is 9.97. The third kappa shape index (κ3) is 5.84. The second kappa shape index (κ2) is 9.53. The van der Waals surface area contributed by atoms with Crippen LogP contribution in [0.4, 0.5) is 0 Å². The SMILES string of the molecule is CCNC(=NCCO)NC1CCN(Cc2ccccc2)C(C)C1. The highest BCUT2D eigenvalue weighted by Gasteiger charge is 2.25. The number of rotatable bonds is 6. The summed E-state index contributed by atoms with van der Waals surface area (Å²) in [5.74, 6) is 0.815. The molecule has 1 heterocycles. The minimum Gasteiger partial charge on any atom is -0.394 e. The Kier molecular flexibility index (Phi) is 7.36. The van der Waals surface area contributed by atoms with E-state index >= 15 is 0 Å². The first-order chi connectivity index (χ1) is 11.2. The molecule has 1 aromatic carbocycles. The fraction of sp³-hybridized carbons (Fsp3) is 0.611. The third-order valence-corrected chi connectivity index (χ3v) is 4.30. The van der Waals surface area contributed by atoms with Crippen LogP contribution in [-0.4, -0.2) is 54.3 Å². The summed E-state index contributed by atoms with van der Waals surface area (Å²) in [7, 11) is 0. The van der Waals surface area contributed by atoms with Crippen LogP contribution in [0.1, 0.15) is 32.3 Å². The molecule has 5 heteroatoms. The summed E-state index contributed by atoms with van der Waals surface area (Å²) in [6.07, 6.45) is 2.22. The van der Waals surface area contributed by atoms with Crippen molar-refractivity contribution in [3.05, 3.63) is 35.9 Å². The number of nitrogens with zero attached hydrogens (tertiary/aromatic N) is 2. The van der Waals surface area contributed by atoms with Crippen molar-refractivity contribution in [2.75, 3.05) is 26.2 Å². The molecule has 0 aliphatic carbocycles. The van der Waals surface area contributed by atoms with E-state index in [1.165, 1.54) is 5.56 Å². The maximum atomic E-state index is 8.94. The summed E-state index contributed by atoms with van der Waals surface area (Å²) in [6.45, 7) is 7.83. The van der Waals surface area contributed by atoms with E-state index in [4.69, 9.17) is 5.11 Å². The molecule has 128 valence electrons. The number of hydrogen-bond donors (Lipinski definition) is 3. The van der Waals surface area contributed by atoms with Crippen molar-refractivity contribution in [2.24, 2.45) is 4.99 Å². The number of likely N-dealkylation sites (tertiary alicyclic amines) is 1. The van der Waals surface area contributed by atoms with Crippen molar-refractivity contribution >= 4 is 5.96 Å². The Balaban J connectivity index is 1.85. The van der Waals surface area contributed by atoms with E-state index in [1.54, 1.807) is 0 Å². The molecule has 1 saturated heterocycles. The lowest BCUT2D eigenvalue weighted by Crippen LogP contribution is -2.51. The molecule has 2 unspecified atom stereocenters. The summed E-state index contributed by atoms with van der Waals surface area (Å²) in [6, 6.07) is 11.7. The van der Waals surface area contributed by atoms with E-state index in [0.717, 1.165) is 38.4 Å². The van der Waals surface area contributed by atoms with Gasteiger partial charge in [0.05, 0.1) is 13.2 Å². The number of aliphatic hydroxyl groups excluding tert-OH is 1. The number of guanidine groups is 1. The minimum absolute atomic E-state index is 0.0858. The van der Waals surface area contributed by atoms with Gasteiger partial charge in [0, 0.05) is 31.7 Å². The normalized spacial score (nSPS) is 22.8. The van der Waals surface area contributed by atoms with Gasteiger partial charge in [-0.2, -0.15) is 0 Å². The van der Waals surface area contributed by atoms with Gasteiger partial charge in [-0.15, -0.1) is 0 Å². The first-order valence-electron chi connectivity index (χ1n) is 8.66. The lowest BCUT2D eigenvalue weighted by molar-refractivity contribution is 0.134. The molecular weight excluding hydrogens is 288 g/mol. The highest BCUT2D eigenvalue weighted by molar-refractivity contribution is 5.80. The van der Waals surface area contributed by atoms with E-state index in [-0.39, 0.29) is 6.61 Å². The maximum Gasteiger partial charge on any atom is 0.191 e. The number of hydrogen-bond acceptors (Lipinski definition) is 3. The zero-order chi connectivity index (χ0) is 16.5. The van der Waals surface area contributed by atoms with Gasteiger partial charge in [0.2, 0.25) is 0 Å². The van der Waals surface area contributed by atoms with Crippen molar-refractivity contribution in [1.82, 2.24) is 15.5 Å². The van der Waals surface area contributed by atoms with Gasteiger partial charge in [0.15, 0.2) is 5.96 Å². The van der Waals surface area contributed by atoms with Gasteiger partial charge in [-0.25, -0.2) is 0 Å². The Hall–Kier alpha value is -1.59. The molecule has 5 nitrogen and oxygen atoms in total. The van der Waals surface area contributed by atoms with Gasteiger partial charge < -0.3 is 15.7 Å². The number of piperidine rings is 1. The van der Waals surface area contributed by atoms with Crippen molar-refractivity contribution in [3.8, 4) is 0 Å². The molecule has 0 spiro atoms. The molecule has 0 bridgehead atoms. The van der Waals surface area contributed by atoms with Gasteiger partial charge in [-0.05, 0) is 32.3 Å². The number of aliphatic imine (C=N–C) groups is 1. The molecule has 2 rings (SSSR count). The molecule has 1 aliphatic heterocycles. The standard InChI is InChI=1S/C18H30N4O/c1-3-19-18(20-10-12-23)21-17-9-11-22(15(2)13-17)14-16-7-5-4-6-8-16/h4-8,15,17,23H,3,9-14H2,1-2H3,(H2,19,20,21). The van der Waals surface area contributed by atoms with Crippen molar-refractivity contribution in [1.29, 1.82) is 0 Å². The number of nitrogens with one attached hydrogen (secondary N) is 2. The second-order valence-electron chi connectivity index (χ2n) is 6.15. The predicted octanol–water partition coefficient (Wildman–Crippen LogP) is 1.59. The summed E-state index contributed by atoms with van der Waals surface area (Å²) >= 11 is 0. The van der Waals surface area contributed by atoms with Crippen LogP contribution >= 0.6 is 0 Å². The molecule has 1 fully saturated rings. The first kappa shape index (κ1) is 17.8. The summed E-state index contributed by atoms with van der Waals surface area (Å²) in [5.41, 5.74) is 1.38. The molecule has 0 radical (unpaired) electrons. The zero-order valence-electron chi connectivity index (χ0n) is 14.3. The van der Waals surface area contributed by atoms with Crippen LogP contribution in [-0.2, 0) is 6.54 Å². The summed E-state index contributed by atoms with van der Waals surface area (Å²) in [4.78, 5) is 6.92. The van der Waals surface area contributed by atoms with Crippen molar-refractivity contribution < 1.29 is 5.11 Å². The van der Waals surface area contributed by atoms with Gasteiger partial charge >= 0.3 is 0 Å². The van der Waals surface area contributed by atoms with E-state index < -0.39 is 0 Å². The zero-order valence-corrected chi connectivity index (χ0v) is 14.3. The van der Waals surface area contributed by atoms with Crippen LogP contribution in [0.25, 0.3) is 0 Å². The van der Waals surface area contributed by atoms with Crippen LogP contribution in [0, 0.1) is 0 Å². The molecule has 23 heavy (non-hydrogen) atoms. The average molecular weight is 318 g/mol. The maximum absolute atomic E-state index is 8.94. The summed E-state index contributed by atoms with van der Waals surface area (Å²) in [5, 5.41) is 15.7. The smallest absolute Gasteiger partial charge is 0.191 e. The molecule has 0 saturated carbocycles. The molecule has 1 aromatic rings. The third-order valence-electron chi connectivity index (χ3n) is 4.30. The molecule has 0 aromatic heterocycles. The average Bonchev–Trinajstić information content (AvgIpc) is 2.56. The van der Waals surface area contributed by atoms with Crippen LogP contribution in [0.2, 0.25) is 0 Å². The Morgan fingerprint density at radius 3 is 2.78 bits per heavy atom. The Morgan fingerprint density at radius 1 is 1.35 bits per heavy atom.